The van der Waals surface area contributed by atoms with Crippen LogP contribution in [0.4, 0.5) is 5.69 Å². The average Bonchev–Trinajstić information content (AvgIpc) is 2.66. The Bertz CT molecular complexity index is 950. The van der Waals surface area contributed by atoms with Gasteiger partial charge in [0, 0.05) is 29.2 Å². The number of halogens is 1. The lowest BCUT2D eigenvalue weighted by atomic mass is 9.98. The molecule has 1 aliphatic heterocycles. The molecule has 0 unspecified atom stereocenters. The van der Waals surface area contributed by atoms with Gasteiger partial charge in [-0.1, -0.05) is 35.9 Å². The molecule has 0 atom stereocenters. The second-order valence-electron chi connectivity index (χ2n) is 6.07. The van der Waals surface area contributed by atoms with E-state index in [4.69, 9.17) is 23.8 Å². The number of carbonyl (C=O) groups excluding carboxylic acids is 3. The summed E-state index contributed by atoms with van der Waals surface area (Å²) in [5.41, 5.74) is 6.86. The van der Waals surface area contributed by atoms with Gasteiger partial charge in [0.05, 0.1) is 6.42 Å². The monoisotopic (exact) mass is 416 g/mol. The summed E-state index contributed by atoms with van der Waals surface area (Å²) >= 11 is 11.0. The predicted molar refractivity (Wildman–Crippen MR) is 110 cm³/mol. The number of fused-ring (bicyclic) bond motifs is 1. The van der Waals surface area contributed by atoms with Crippen LogP contribution in [0.25, 0.3) is 0 Å². The third-order valence-corrected chi connectivity index (χ3v) is 4.54. The van der Waals surface area contributed by atoms with Crippen LogP contribution in [0.2, 0.25) is 5.02 Å². The average molecular weight is 417 g/mol. The lowest BCUT2D eigenvalue weighted by Crippen LogP contribution is -2.47. The normalized spacial score (nSPS) is 13.0. The van der Waals surface area contributed by atoms with Crippen LogP contribution in [0, 0.1) is 0 Å². The van der Waals surface area contributed by atoms with Gasteiger partial charge in [-0.2, -0.15) is 0 Å². The lowest BCUT2D eigenvalue weighted by molar-refractivity contribution is -0.129. The number of benzene rings is 2. The Morgan fingerprint density at radius 3 is 2.68 bits per heavy atom. The van der Waals surface area contributed by atoms with E-state index in [2.05, 4.69) is 16.2 Å². The number of hydrogen-bond acceptors (Lipinski definition) is 4. The molecule has 9 heteroatoms. The van der Waals surface area contributed by atoms with Gasteiger partial charge < -0.3 is 5.32 Å². The van der Waals surface area contributed by atoms with E-state index in [1.165, 1.54) is 0 Å². The molecular weight excluding hydrogens is 400 g/mol. The third-order valence-electron chi connectivity index (χ3n) is 4.10. The number of thiocarbonyl (C=S) groups is 1. The SMILES string of the molecule is O=C(CCN1C(=O)Cc2ccccc2C1=O)NNC(=S)Nc1cccc(Cl)c1. The van der Waals surface area contributed by atoms with Gasteiger partial charge in [0.25, 0.3) is 5.91 Å². The van der Waals surface area contributed by atoms with Crippen LogP contribution in [0.1, 0.15) is 22.3 Å². The number of hydrogen-bond donors (Lipinski definition) is 3. The lowest BCUT2D eigenvalue weighted by Gasteiger charge is -2.26. The predicted octanol–water partition coefficient (Wildman–Crippen LogP) is 2.27. The number of nitrogens with one attached hydrogen (secondary N) is 3. The second-order valence-corrected chi connectivity index (χ2v) is 6.92. The van der Waals surface area contributed by atoms with Gasteiger partial charge in [0.15, 0.2) is 5.11 Å². The Morgan fingerprint density at radius 1 is 1.11 bits per heavy atom. The highest BCUT2D eigenvalue weighted by Crippen LogP contribution is 2.19. The molecule has 3 amide bonds. The molecule has 7 nitrogen and oxygen atoms in total. The summed E-state index contributed by atoms with van der Waals surface area (Å²) < 4.78 is 0. The summed E-state index contributed by atoms with van der Waals surface area (Å²) in [7, 11) is 0. The minimum absolute atomic E-state index is 0.00595. The van der Waals surface area contributed by atoms with E-state index in [1.54, 1.807) is 48.5 Å². The standard InChI is InChI=1S/C19H17ClN4O3S/c20-13-5-3-6-14(11-13)21-19(28)23-22-16(25)8-9-24-17(26)10-12-4-1-2-7-15(12)18(24)27/h1-7,11H,8-10H2,(H,22,25)(H2,21,23,28). The first kappa shape index (κ1) is 19.8. The van der Waals surface area contributed by atoms with Gasteiger partial charge in [0.2, 0.25) is 11.8 Å². The molecule has 0 saturated heterocycles. The zero-order valence-corrected chi connectivity index (χ0v) is 16.3. The Balaban J connectivity index is 1.47. The van der Waals surface area contributed by atoms with E-state index in [0.717, 1.165) is 4.90 Å². The third kappa shape index (κ3) is 4.85. The molecule has 0 radical (unpaired) electrons. The molecule has 0 bridgehead atoms. The van der Waals surface area contributed by atoms with E-state index in [0.29, 0.717) is 21.8 Å². The van der Waals surface area contributed by atoms with Gasteiger partial charge in [0.1, 0.15) is 0 Å². The summed E-state index contributed by atoms with van der Waals surface area (Å²) in [6.45, 7) is -0.00595. The van der Waals surface area contributed by atoms with Crippen molar-refractivity contribution in [1.29, 1.82) is 0 Å². The summed E-state index contributed by atoms with van der Waals surface area (Å²) in [4.78, 5) is 37.8. The summed E-state index contributed by atoms with van der Waals surface area (Å²) in [6.07, 6.45) is 0.0991. The molecule has 2 aromatic rings. The van der Waals surface area contributed by atoms with Crippen molar-refractivity contribution in [2.45, 2.75) is 12.8 Å². The largest absolute Gasteiger partial charge is 0.331 e. The number of anilines is 1. The summed E-state index contributed by atoms with van der Waals surface area (Å²) in [6, 6.07) is 13.9. The topological polar surface area (TPSA) is 90.5 Å². The van der Waals surface area contributed by atoms with Gasteiger partial charge >= 0.3 is 0 Å². The Morgan fingerprint density at radius 2 is 1.89 bits per heavy atom. The van der Waals surface area contributed by atoms with Crippen LogP contribution < -0.4 is 16.2 Å². The minimum Gasteiger partial charge on any atom is -0.331 e. The van der Waals surface area contributed by atoms with Gasteiger partial charge in [-0.25, -0.2) is 0 Å². The van der Waals surface area contributed by atoms with Crippen LogP contribution in [0.5, 0.6) is 0 Å². The molecule has 144 valence electrons. The fourth-order valence-electron chi connectivity index (χ4n) is 2.76. The first-order valence-corrected chi connectivity index (χ1v) is 9.26. The quantitative estimate of drug-likeness (QED) is 0.402. The molecule has 0 aliphatic carbocycles. The van der Waals surface area contributed by atoms with E-state index in [-0.39, 0.29) is 36.3 Å². The Labute approximate surface area is 172 Å². The van der Waals surface area contributed by atoms with Crippen LogP contribution in [0.15, 0.2) is 48.5 Å². The number of carbonyl (C=O) groups is 3. The van der Waals surface area contributed by atoms with Crippen LogP contribution in [-0.4, -0.2) is 34.3 Å². The summed E-state index contributed by atoms with van der Waals surface area (Å²) in [5, 5.41) is 3.60. The fraction of sp³-hybridized carbons (Fsp3) is 0.158. The maximum absolute atomic E-state index is 12.5. The van der Waals surface area contributed by atoms with E-state index < -0.39 is 5.91 Å². The number of rotatable bonds is 4. The highest BCUT2D eigenvalue weighted by molar-refractivity contribution is 7.80. The summed E-state index contributed by atoms with van der Waals surface area (Å²) in [5.74, 6) is -1.11. The maximum atomic E-state index is 12.5. The molecule has 3 N–H and O–H groups in total. The van der Waals surface area contributed by atoms with Gasteiger partial charge in [-0.15, -0.1) is 0 Å². The number of amides is 3. The molecule has 28 heavy (non-hydrogen) atoms. The van der Waals surface area contributed by atoms with Crippen molar-refractivity contribution in [3.63, 3.8) is 0 Å². The van der Waals surface area contributed by atoms with Crippen molar-refractivity contribution in [3.8, 4) is 0 Å². The minimum atomic E-state index is -0.408. The molecule has 0 aromatic heterocycles. The van der Waals surface area contributed by atoms with E-state index in [1.807, 2.05) is 0 Å². The molecule has 1 heterocycles. The Kier molecular flexibility index (Phi) is 6.23. The maximum Gasteiger partial charge on any atom is 0.260 e. The highest BCUT2D eigenvalue weighted by Gasteiger charge is 2.30. The van der Waals surface area contributed by atoms with Crippen molar-refractivity contribution in [1.82, 2.24) is 15.8 Å². The van der Waals surface area contributed by atoms with Gasteiger partial charge in [-0.3, -0.25) is 30.1 Å². The smallest absolute Gasteiger partial charge is 0.260 e. The van der Waals surface area contributed by atoms with Crippen LogP contribution in [0.3, 0.4) is 0 Å². The zero-order chi connectivity index (χ0) is 20.1. The highest BCUT2D eigenvalue weighted by atomic mass is 35.5. The van der Waals surface area contributed by atoms with Crippen molar-refractivity contribution < 1.29 is 14.4 Å². The van der Waals surface area contributed by atoms with Crippen molar-refractivity contribution >= 4 is 52.3 Å². The van der Waals surface area contributed by atoms with Crippen LogP contribution >= 0.6 is 23.8 Å². The molecule has 0 spiro atoms. The van der Waals surface area contributed by atoms with E-state index >= 15 is 0 Å². The molecular formula is C19H17ClN4O3S. The first-order valence-electron chi connectivity index (χ1n) is 8.48. The number of hydrazine groups is 1. The first-order chi connectivity index (χ1) is 13.4. The van der Waals surface area contributed by atoms with E-state index in [9.17, 15) is 14.4 Å². The molecule has 0 fully saturated rings. The number of imide groups is 1. The van der Waals surface area contributed by atoms with Crippen molar-refractivity contribution in [3.05, 3.63) is 64.7 Å². The second kappa shape index (κ2) is 8.81. The van der Waals surface area contributed by atoms with Crippen molar-refractivity contribution in [2.75, 3.05) is 11.9 Å². The van der Waals surface area contributed by atoms with Gasteiger partial charge in [-0.05, 0) is 42.0 Å². The Hall–Kier alpha value is -2.97. The molecule has 3 rings (SSSR count). The zero-order valence-electron chi connectivity index (χ0n) is 14.7. The van der Waals surface area contributed by atoms with Crippen molar-refractivity contribution in [2.24, 2.45) is 0 Å². The molecule has 0 saturated carbocycles. The van der Waals surface area contributed by atoms with Crippen LogP contribution in [-0.2, 0) is 16.0 Å². The molecule has 2 aromatic carbocycles. The molecule has 1 aliphatic rings. The number of nitrogens with zero attached hydrogens (tertiary/aromatic N) is 1. The fourth-order valence-corrected chi connectivity index (χ4v) is 3.12.